The van der Waals surface area contributed by atoms with E-state index in [1.807, 2.05) is 0 Å². The third-order valence-corrected chi connectivity index (χ3v) is 6.44. The number of carbonyl (C=O) groups is 2. The number of carbonyl (C=O) groups excluding carboxylic acids is 1. The lowest BCUT2D eigenvalue weighted by molar-refractivity contribution is -0.146. The Bertz CT molecular complexity index is 438. The third kappa shape index (κ3) is 4.96. The van der Waals surface area contributed by atoms with Gasteiger partial charge in [0.2, 0.25) is 5.91 Å². The van der Waals surface area contributed by atoms with Crippen LogP contribution >= 0.6 is 0 Å². The highest BCUT2D eigenvalue weighted by atomic mass is 16.4. The van der Waals surface area contributed by atoms with E-state index in [1.54, 1.807) is 0 Å². The van der Waals surface area contributed by atoms with Crippen LogP contribution in [-0.4, -0.2) is 58.5 Å². The molecular weight excluding hydrogens is 316 g/mol. The summed E-state index contributed by atoms with van der Waals surface area (Å²) in [6.07, 6.45) is 13.8. The number of carboxylic acids is 1. The largest absolute Gasteiger partial charge is 0.481 e. The Labute approximate surface area is 151 Å². The molecule has 2 aliphatic carbocycles. The molecule has 5 heteroatoms. The number of hydrogen-bond acceptors (Lipinski definition) is 3. The molecule has 0 bridgehead atoms. The van der Waals surface area contributed by atoms with Gasteiger partial charge < -0.3 is 10.0 Å². The number of carboxylic acid groups (broad SMARTS) is 1. The summed E-state index contributed by atoms with van der Waals surface area (Å²) in [7, 11) is 0. The van der Waals surface area contributed by atoms with Crippen molar-refractivity contribution in [3.8, 4) is 0 Å². The molecule has 142 valence electrons. The van der Waals surface area contributed by atoms with E-state index in [-0.39, 0.29) is 11.8 Å². The van der Waals surface area contributed by atoms with Crippen LogP contribution in [0.4, 0.5) is 0 Å². The van der Waals surface area contributed by atoms with Crippen LogP contribution in [0.3, 0.4) is 0 Å². The van der Waals surface area contributed by atoms with Crippen LogP contribution < -0.4 is 0 Å². The second kappa shape index (κ2) is 9.02. The highest BCUT2D eigenvalue weighted by molar-refractivity contribution is 5.79. The van der Waals surface area contributed by atoms with E-state index in [1.165, 1.54) is 38.5 Å². The van der Waals surface area contributed by atoms with Gasteiger partial charge in [-0.2, -0.15) is 0 Å². The molecule has 1 amide bonds. The van der Waals surface area contributed by atoms with Gasteiger partial charge in [0.1, 0.15) is 0 Å². The van der Waals surface area contributed by atoms with Gasteiger partial charge in [0, 0.05) is 18.6 Å². The van der Waals surface area contributed by atoms with E-state index in [2.05, 4.69) is 9.80 Å². The van der Waals surface area contributed by atoms with Crippen molar-refractivity contribution in [2.45, 2.75) is 89.1 Å². The summed E-state index contributed by atoms with van der Waals surface area (Å²) in [5, 5.41) is 9.29. The Morgan fingerprint density at radius 1 is 0.840 bits per heavy atom. The average molecular weight is 351 g/mol. The summed E-state index contributed by atoms with van der Waals surface area (Å²) < 4.78 is 0. The lowest BCUT2D eigenvalue weighted by Gasteiger charge is -2.43. The van der Waals surface area contributed by atoms with Gasteiger partial charge in [-0.25, -0.2) is 0 Å². The van der Waals surface area contributed by atoms with Crippen LogP contribution in [0, 0.1) is 5.92 Å². The molecule has 1 saturated heterocycles. The highest BCUT2D eigenvalue weighted by Gasteiger charge is 2.34. The van der Waals surface area contributed by atoms with Gasteiger partial charge in [0.05, 0.1) is 12.5 Å². The van der Waals surface area contributed by atoms with Crippen molar-refractivity contribution in [3.63, 3.8) is 0 Å². The molecule has 0 aromatic heterocycles. The van der Waals surface area contributed by atoms with E-state index >= 15 is 0 Å². The molecule has 0 aromatic carbocycles. The minimum atomic E-state index is -0.714. The number of nitrogens with zero attached hydrogens (tertiary/aromatic N) is 2. The van der Waals surface area contributed by atoms with Crippen molar-refractivity contribution in [2.75, 3.05) is 19.6 Å². The number of aliphatic carboxylic acids is 1. The van der Waals surface area contributed by atoms with Crippen LogP contribution in [0.15, 0.2) is 0 Å². The van der Waals surface area contributed by atoms with E-state index in [9.17, 15) is 14.7 Å². The number of amides is 1. The number of hydrogen-bond donors (Lipinski definition) is 1. The van der Waals surface area contributed by atoms with Gasteiger partial charge >= 0.3 is 5.97 Å². The van der Waals surface area contributed by atoms with E-state index in [0.717, 1.165) is 45.1 Å². The Morgan fingerprint density at radius 3 is 1.92 bits per heavy atom. The first-order chi connectivity index (χ1) is 12.1. The topological polar surface area (TPSA) is 60.9 Å². The first kappa shape index (κ1) is 18.7. The summed E-state index contributed by atoms with van der Waals surface area (Å²) in [5.41, 5.74) is 0. The number of rotatable bonds is 5. The predicted octanol–water partition coefficient (Wildman–Crippen LogP) is 3.28. The second-order valence-electron chi connectivity index (χ2n) is 8.30. The van der Waals surface area contributed by atoms with Gasteiger partial charge in [0.25, 0.3) is 0 Å². The molecule has 1 N–H and O–H groups in total. The monoisotopic (exact) mass is 350 g/mol. The quantitative estimate of drug-likeness (QED) is 0.826. The van der Waals surface area contributed by atoms with Crippen LogP contribution in [0.25, 0.3) is 0 Å². The molecule has 1 unspecified atom stereocenters. The zero-order chi connectivity index (χ0) is 17.6. The minimum Gasteiger partial charge on any atom is -0.481 e. The van der Waals surface area contributed by atoms with Crippen molar-refractivity contribution in [1.29, 1.82) is 0 Å². The molecule has 0 spiro atoms. The highest BCUT2D eigenvalue weighted by Crippen LogP contribution is 2.30. The van der Waals surface area contributed by atoms with Gasteiger partial charge in [0.15, 0.2) is 0 Å². The first-order valence-electron chi connectivity index (χ1n) is 10.4. The summed E-state index contributed by atoms with van der Waals surface area (Å²) in [6.45, 7) is 1.81. The lowest BCUT2D eigenvalue weighted by Crippen LogP contribution is -2.53. The Morgan fingerprint density at radius 2 is 1.40 bits per heavy atom. The molecule has 3 aliphatic rings. The Kier molecular flexibility index (Phi) is 6.74. The van der Waals surface area contributed by atoms with Crippen molar-refractivity contribution in [3.05, 3.63) is 0 Å². The van der Waals surface area contributed by atoms with E-state index in [4.69, 9.17) is 0 Å². The molecule has 2 saturated carbocycles. The van der Waals surface area contributed by atoms with Crippen LogP contribution in [0.5, 0.6) is 0 Å². The van der Waals surface area contributed by atoms with Crippen LogP contribution in [0.2, 0.25) is 0 Å². The average Bonchev–Trinajstić information content (AvgIpc) is 2.64. The van der Waals surface area contributed by atoms with Crippen molar-refractivity contribution in [2.24, 2.45) is 5.92 Å². The molecule has 25 heavy (non-hydrogen) atoms. The van der Waals surface area contributed by atoms with E-state index in [0.29, 0.717) is 25.2 Å². The summed E-state index contributed by atoms with van der Waals surface area (Å²) in [4.78, 5) is 28.9. The fraction of sp³-hybridized carbons (Fsp3) is 0.900. The molecule has 5 nitrogen and oxygen atoms in total. The molecule has 0 radical (unpaired) electrons. The molecule has 1 aliphatic heterocycles. The minimum absolute atomic E-state index is 0.254. The molecule has 1 heterocycles. The fourth-order valence-corrected chi connectivity index (χ4v) is 5.10. The predicted molar refractivity (Wildman–Crippen MR) is 97.4 cm³/mol. The van der Waals surface area contributed by atoms with Gasteiger partial charge in [-0.1, -0.05) is 38.5 Å². The molecule has 3 rings (SSSR count). The standard InChI is InChI=1S/C20H34N2O3/c23-19(15-21-13-7-8-16(14-21)20(24)25)22(17-9-3-1-4-10-17)18-11-5-2-6-12-18/h16-18H,1-15H2,(H,24,25). The van der Waals surface area contributed by atoms with Crippen molar-refractivity contribution in [1.82, 2.24) is 9.80 Å². The summed E-state index contributed by atoms with van der Waals surface area (Å²) in [6, 6.07) is 0.842. The number of likely N-dealkylation sites (tertiary alicyclic amines) is 1. The zero-order valence-electron chi connectivity index (χ0n) is 15.5. The molecular formula is C20H34N2O3. The van der Waals surface area contributed by atoms with E-state index < -0.39 is 5.97 Å². The Balaban J connectivity index is 1.64. The van der Waals surface area contributed by atoms with Gasteiger partial charge in [-0.05, 0) is 45.1 Å². The molecule has 1 atom stereocenters. The number of piperidine rings is 1. The molecule has 0 aromatic rings. The van der Waals surface area contributed by atoms with Crippen LogP contribution in [-0.2, 0) is 9.59 Å². The fourth-order valence-electron chi connectivity index (χ4n) is 5.10. The smallest absolute Gasteiger partial charge is 0.307 e. The maximum absolute atomic E-state index is 13.2. The zero-order valence-corrected chi connectivity index (χ0v) is 15.5. The maximum atomic E-state index is 13.2. The summed E-state index contributed by atoms with van der Waals surface area (Å²) >= 11 is 0. The SMILES string of the molecule is O=C(O)C1CCCN(CC(=O)N(C2CCCCC2)C2CCCCC2)C1. The van der Waals surface area contributed by atoms with Gasteiger partial charge in [-0.15, -0.1) is 0 Å². The van der Waals surface area contributed by atoms with Crippen molar-refractivity contribution < 1.29 is 14.7 Å². The lowest BCUT2D eigenvalue weighted by atomic mass is 9.88. The maximum Gasteiger partial charge on any atom is 0.307 e. The third-order valence-electron chi connectivity index (χ3n) is 6.44. The first-order valence-corrected chi connectivity index (χ1v) is 10.4. The normalized spacial score (nSPS) is 27.1. The van der Waals surface area contributed by atoms with Crippen molar-refractivity contribution >= 4 is 11.9 Å². The van der Waals surface area contributed by atoms with Gasteiger partial charge in [-0.3, -0.25) is 14.5 Å². The second-order valence-corrected chi connectivity index (χ2v) is 8.30. The Hall–Kier alpha value is -1.10. The molecule has 3 fully saturated rings. The van der Waals surface area contributed by atoms with Crippen LogP contribution in [0.1, 0.15) is 77.0 Å². The summed E-state index contributed by atoms with van der Waals surface area (Å²) in [5.74, 6) is -0.766.